The Labute approximate surface area is 116 Å². The van der Waals surface area contributed by atoms with Crippen LogP contribution in [0.4, 0.5) is 11.4 Å². The normalized spacial score (nSPS) is 14.9. The molecule has 0 bridgehead atoms. The minimum atomic E-state index is -3.59. The molecule has 4 N–H and O–H groups in total. The van der Waals surface area contributed by atoms with E-state index in [0.29, 0.717) is 17.9 Å². The molecule has 2 unspecified atom stereocenters. The second kappa shape index (κ2) is 6.36. The Morgan fingerprint density at radius 1 is 1.42 bits per heavy atom. The van der Waals surface area contributed by atoms with Gasteiger partial charge in [-0.15, -0.1) is 0 Å². The van der Waals surface area contributed by atoms with Crippen LogP contribution in [0.1, 0.15) is 6.92 Å². The molecular weight excluding hydrogens is 286 g/mol. The number of rotatable bonds is 6. The maximum Gasteiger partial charge on any atom is 0.242 e. The van der Waals surface area contributed by atoms with Gasteiger partial charge in [-0.2, -0.15) is 0 Å². The highest BCUT2D eigenvalue weighted by Crippen LogP contribution is 2.23. The van der Waals surface area contributed by atoms with Crippen molar-refractivity contribution in [1.82, 2.24) is 4.72 Å². The fraction of sp³-hybridized carbons (Fsp3) is 0.455. The van der Waals surface area contributed by atoms with Crippen molar-refractivity contribution in [2.24, 2.45) is 0 Å². The van der Waals surface area contributed by atoms with Crippen LogP contribution in [0.5, 0.6) is 0 Å². The molecule has 8 heteroatoms. The van der Waals surface area contributed by atoms with E-state index in [4.69, 9.17) is 5.73 Å². The van der Waals surface area contributed by atoms with Gasteiger partial charge in [-0.3, -0.25) is 4.21 Å². The lowest BCUT2D eigenvalue weighted by Gasteiger charge is -2.15. The number of nitrogens with one attached hydrogen (secondary N) is 2. The highest BCUT2D eigenvalue weighted by molar-refractivity contribution is 7.89. The summed E-state index contributed by atoms with van der Waals surface area (Å²) in [6, 6.07) is 4.61. The van der Waals surface area contributed by atoms with Crippen molar-refractivity contribution in [2.75, 3.05) is 30.9 Å². The molecule has 108 valence electrons. The van der Waals surface area contributed by atoms with Gasteiger partial charge in [0.2, 0.25) is 10.0 Å². The minimum absolute atomic E-state index is 0.0808. The van der Waals surface area contributed by atoms with Gasteiger partial charge in [0, 0.05) is 34.5 Å². The smallest absolute Gasteiger partial charge is 0.242 e. The zero-order chi connectivity index (χ0) is 14.6. The van der Waals surface area contributed by atoms with Gasteiger partial charge in [-0.05, 0) is 32.2 Å². The molecule has 0 fully saturated rings. The Bertz CT molecular complexity index is 573. The molecule has 0 aliphatic heterocycles. The first-order chi connectivity index (χ1) is 8.77. The summed E-state index contributed by atoms with van der Waals surface area (Å²) in [5.41, 5.74) is 6.43. The quantitative estimate of drug-likeness (QED) is 0.659. The van der Waals surface area contributed by atoms with Crippen molar-refractivity contribution >= 4 is 32.2 Å². The van der Waals surface area contributed by atoms with Gasteiger partial charge in [0.25, 0.3) is 0 Å². The van der Waals surface area contributed by atoms with E-state index in [0.717, 1.165) is 0 Å². The van der Waals surface area contributed by atoms with Crippen LogP contribution in [0.2, 0.25) is 0 Å². The average molecular weight is 305 g/mol. The summed E-state index contributed by atoms with van der Waals surface area (Å²) in [6.07, 6.45) is 1.61. The van der Waals surface area contributed by atoms with Crippen molar-refractivity contribution in [3.8, 4) is 0 Å². The molecule has 19 heavy (non-hydrogen) atoms. The van der Waals surface area contributed by atoms with Crippen LogP contribution in [0.25, 0.3) is 0 Å². The monoisotopic (exact) mass is 305 g/mol. The maximum atomic E-state index is 11.9. The highest BCUT2D eigenvalue weighted by atomic mass is 32.2. The van der Waals surface area contributed by atoms with Crippen molar-refractivity contribution in [3.63, 3.8) is 0 Å². The Balaban J connectivity index is 3.05. The highest BCUT2D eigenvalue weighted by Gasteiger charge is 2.17. The molecule has 0 saturated heterocycles. The fourth-order valence-corrected chi connectivity index (χ4v) is 2.65. The van der Waals surface area contributed by atoms with E-state index >= 15 is 0 Å². The average Bonchev–Trinajstić information content (AvgIpc) is 2.36. The standard InChI is InChI=1S/C11H19N3O3S2/c1-8(18(3)15)7-14-10-5-4-9(12)6-11(10)19(16,17)13-2/h4-6,8,13-14H,7,12H2,1-3H3. The van der Waals surface area contributed by atoms with Gasteiger partial charge < -0.3 is 11.1 Å². The van der Waals surface area contributed by atoms with Crippen molar-refractivity contribution in [3.05, 3.63) is 18.2 Å². The molecule has 1 aromatic carbocycles. The summed E-state index contributed by atoms with van der Waals surface area (Å²) in [5, 5.41) is 2.91. The lowest BCUT2D eigenvalue weighted by molar-refractivity contribution is 0.588. The van der Waals surface area contributed by atoms with Crippen LogP contribution >= 0.6 is 0 Å². The summed E-state index contributed by atoms with van der Waals surface area (Å²) in [4.78, 5) is 0.0871. The lowest BCUT2D eigenvalue weighted by Crippen LogP contribution is -2.24. The fourth-order valence-electron chi connectivity index (χ4n) is 1.39. The summed E-state index contributed by atoms with van der Waals surface area (Å²) in [5.74, 6) is 0. The van der Waals surface area contributed by atoms with E-state index in [2.05, 4.69) is 10.0 Å². The van der Waals surface area contributed by atoms with Crippen LogP contribution in [0.3, 0.4) is 0 Å². The molecule has 0 amide bonds. The van der Waals surface area contributed by atoms with E-state index in [1.807, 2.05) is 6.92 Å². The van der Waals surface area contributed by atoms with Crippen LogP contribution in [-0.4, -0.2) is 37.7 Å². The van der Waals surface area contributed by atoms with Crippen LogP contribution in [-0.2, 0) is 20.8 Å². The van der Waals surface area contributed by atoms with E-state index in [1.54, 1.807) is 18.4 Å². The molecule has 0 spiro atoms. The van der Waals surface area contributed by atoms with Gasteiger partial charge >= 0.3 is 0 Å². The molecule has 1 rings (SSSR count). The topological polar surface area (TPSA) is 101 Å². The molecule has 0 aliphatic carbocycles. The van der Waals surface area contributed by atoms with Crippen molar-refractivity contribution < 1.29 is 12.6 Å². The van der Waals surface area contributed by atoms with Gasteiger partial charge in [0.1, 0.15) is 4.90 Å². The second-order valence-electron chi connectivity index (χ2n) is 4.15. The predicted molar refractivity (Wildman–Crippen MR) is 79.1 cm³/mol. The van der Waals surface area contributed by atoms with Gasteiger partial charge in [-0.1, -0.05) is 0 Å². The number of nitrogen functional groups attached to an aromatic ring is 1. The van der Waals surface area contributed by atoms with Gasteiger partial charge in [-0.25, -0.2) is 13.1 Å². The van der Waals surface area contributed by atoms with E-state index in [-0.39, 0.29) is 10.1 Å². The first-order valence-electron chi connectivity index (χ1n) is 5.67. The summed E-state index contributed by atoms with van der Waals surface area (Å²) in [6.45, 7) is 2.24. The van der Waals surface area contributed by atoms with E-state index in [1.165, 1.54) is 13.1 Å². The number of hydrogen-bond acceptors (Lipinski definition) is 5. The molecule has 0 aromatic heterocycles. The lowest BCUT2D eigenvalue weighted by atomic mass is 10.3. The number of hydrogen-bond donors (Lipinski definition) is 3. The first-order valence-corrected chi connectivity index (χ1v) is 8.77. The third-order valence-electron chi connectivity index (χ3n) is 2.71. The van der Waals surface area contributed by atoms with Crippen molar-refractivity contribution in [1.29, 1.82) is 0 Å². The Morgan fingerprint density at radius 2 is 2.05 bits per heavy atom. The number of nitrogens with two attached hydrogens (primary N) is 1. The van der Waals surface area contributed by atoms with Crippen molar-refractivity contribution in [2.45, 2.75) is 17.1 Å². The molecule has 6 nitrogen and oxygen atoms in total. The summed E-state index contributed by atoms with van der Waals surface area (Å²) in [7, 11) is -3.22. The molecule has 0 radical (unpaired) electrons. The summed E-state index contributed by atoms with van der Waals surface area (Å²) < 4.78 is 37.3. The van der Waals surface area contributed by atoms with Gasteiger partial charge in [0.05, 0.1) is 5.69 Å². The Morgan fingerprint density at radius 3 is 2.58 bits per heavy atom. The SMILES string of the molecule is CNS(=O)(=O)c1cc(N)ccc1NCC(C)S(C)=O. The minimum Gasteiger partial charge on any atom is -0.399 e. The third-order valence-corrected chi connectivity index (χ3v) is 5.46. The first kappa shape index (κ1) is 15.9. The summed E-state index contributed by atoms with van der Waals surface area (Å²) >= 11 is 0. The number of anilines is 2. The van der Waals surface area contributed by atoms with Crippen LogP contribution in [0.15, 0.2) is 23.1 Å². The maximum absolute atomic E-state index is 11.9. The predicted octanol–water partition coefficient (Wildman–Crippen LogP) is 0.356. The molecule has 2 atom stereocenters. The van der Waals surface area contributed by atoms with E-state index in [9.17, 15) is 12.6 Å². The molecule has 0 heterocycles. The van der Waals surface area contributed by atoms with Crippen LogP contribution in [0, 0.1) is 0 Å². The second-order valence-corrected chi connectivity index (χ2v) is 7.81. The zero-order valence-corrected chi connectivity index (χ0v) is 12.8. The largest absolute Gasteiger partial charge is 0.399 e. The van der Waals surface area contributed by atoms with Crippen LogP contribution < -0.4 is 15.8 Å². The molecule has 0 aliphatic rings. The number of sulfonamides is 1. The Kier molecular flexibility index (Phi) is 5.33. The molecule has 0 saturated carbocycles. The molecule has 1 aromatic rings. The molecular formula is C11H19N3O3S2. The Hall–Kier alpha value is -1.12. The number of benzene rings is 1. The van der Waals surface area contributed by atoms with E-state index < -0.39 is 20.8 Å². The third kappa shape index (κ3) is 4.19. The zero-order valence-electron chi connectivity index (χ0n) is 11.1. The van der Waals surface area contributed by atoms with Gasteiger partial charge in [0.15, 0.2) is 0 Å².